The Labute approximate surface area is 342 Å². The first-order valence-electron chi connectivity index (χ1n) is 20.1. The average molecular weight is 785 g/mol. The van der Waals surface area contributed by atoms with Crippen LogP contribution in [0.15, 0.2) is 84.6 Å². The van der Waals surface area contributed by atoms with Crippen molar-refractivity contribution in [3.63, 3.8) is 0 Å². The highest BCUT2D eigenvalue weighted by atomic mass is 16.6. The molecule has 2 aliphatic rings. The lowest BCUT2D eigenvalue weighted by Gasteiger charge is -2.32. The maximum Gasteiger partial charge on any atom is 0.107 e. The smallest absolute Gasteiger partial charge is 0.107 e. The fourth-order valence-electron chi connectivity index (χ4n) is 7.23. The fourth-order valence-corrected chi connectivity index (χ4v) is 7.23. The summed E-state index contributed by atoms with van der Waals surface area (Å²) in [5.74, 6) is 4.87. The van der Waals surface area contributed by atoms with E-state index in [2.05, 4.69) is 128 Å². The van der Waals surface area contributed by atoms with Gasteiger partial charge in [-0.2, -0.15) is 0 Å². The Kier molecular flexibility index (Phi) is 20.4. The zero-order valence-corrected chi connectivity index (χ0v) is 34.6. The van der Waals surface area contributed by atoms with Crippen molar-refractivity contribution >= 4 is 11.4 Å². The molecule has 0 N–H and O–H groups in total. The van der Waals surface area contributed by atoms with Crippen LogP contribution >= 0.6 is 0 Å². The van der Waals surface area contributed by atoms with Gasteiger partial charge < -0.3 is 47.7 Å². The molecule has 0 spiro atoms. The predicted molar refractivity (Wildman–Crippen MR) is 228 cm³/mol. The van der Waals surface area contributed by atoms with Crippen LogP contribution in [0.1, 0.15) is 38.8 Å². The highest BCUT2D eigenvalue weighted by molar-refractivity contribution is 5.71. The average Bonchev–Trinajstić information content (AvgIpc) is 3.56. The van der Waals surface area contributed by atoms with Gasteiger partial charge in [0, 0.05) is 41.0 Å². The molecule has 310 valence electrons. The molecule has 0 aromatic heterocycles. The van der Waals surface area contributed by atoms with E-state index in [1.54, 1.807) is 0 Å². The van der Waals surface area contributed by atoms with Crippen molar-refractivity contribution in [2.75, 3.05) is 129 Å². The van der Waals surface area contributed by atoms with Crippen molar-refractivity contribution in [1.29, 1.82) is 0 Å². The number of para-hydroxylation sites is 2. The number of fused-ring (bicyclic) bond motifs is 2. The van der Waals surface area contributed by atoms with Gasteiger partial charge in [0.15, 0.2) is 0 Å². The van der Waals surface area contributed by atoms with Crippen LogP contribution in [-0.4, -0.2) is 125 Å². The maximum absolute atomic E-state index is 6.01. The molecule has 0 saturated heterocycles. The zero-order valence-electron chi connectivity index (χ0n) is 34.6. The molecular formula is C47H64N2O8. The van der Waals surface area contributed by atoms with E-state index in [9.17, 15) is 0 Å². The molecule has 2 heterocycles. The molecular weight excluding hydrogens is 721 g/mol. The quantitative estimate of drug-likeness (QED) is 0.0530. The number of hydrogen-bond acceptors (Lipinski definition) is 10. The summed E-state index contributed by atoms with van der Waals surface area (Å²) in [4.78, 5) is 4.85. The third-order valence-corrected chi connectivity index (χ3v) is 10.1. The highest BCUT2D eigenvalue weighted by Crippen LogP contribution is 2.48. The standard InChI is InChI=1S/C47H64N2O8/c1-7-24-50-28-32-54-36-38-56-34-30-52-26-22-48-42-18-14-12-16-40(42)46(3,4)44(48)20-10-9-11-21-45-47(5,6)41-17-13-15-19-43(41)49(45)23-27-53-31-35-57-39-37-55-33-29-51-25-8-2/h1-2,9-21,44H,22-39H2,3-6H3/b11-9+,20-10+,45-21+. The van der Waals surface area contributed by atoms with Crippen molar-refractivity contribution < 1.29 is 37.9 Å². The molecule has 2 aliphatic heterocycles. The number of rotatable bonds is 29. The largest absolute Gasteiger partial charge is 0.377 e. The monoisotopic (exact) mass is 784 g/mol. The van der Waals surface area contributed by atoms with Crippen LogP contribution in [0.5, 0.6) is 0 Å². The minimum Gasteiger partial charge on any atom is -0.377 e. The van der Waals surface area contributed by atoms with Crippen LogP contribution < -0.4 is 9.80 Å². The number of hydrogen-bond donors (Lipinski definition) is 0. The summed E-state index contributed by atoms with van der Waals surface area (Å²) < 4.78 is 44.7. The van der Waals surface area contributed by atoms with E-state index < -0.39 is 0 Å². The van der Waals surface area contributed by atoms with Crippen LogP contribution in [0, 0.1) is 24.7 Å². The SMILES string of the molecule is C#CCOCCOCCOCCOCCN1/C(=C/C=C/C=C/C2N(CCOCCOCCOCCOCC#C)c3ccccc3C2(C)C)C(C)(C)c2ccccc21. The van der Waals surface area contributed by atoms with Crippen molar-refractivity contribution in [1.82, 2.24) is 0 Å². The Bertz CT molecular complexity index is 1640. The number of ether oxygens (including phenoxy) is 8. The van der Waals surface area contributed by atoms with Crippen molar-refractivity contribution in [3.8, 4) is 24.7 Å². The molecule has 57 heavy (non-hydrogen) atoms. The molecule has 2 aromatic carbocycles. The van der Waals surface area contributed by atoms with E-state index in [1.807, 2.05) is 0 Å². The molecule has 2 aromatic rings. The molecule has 10 heteroatoms. The van der Waals surface area contributed by atoms with Crippen LogP contribution in [0.25, 0.3) is 0 Å². The third-order valence-electron chi connectivity index (χ3n) is 10.1. The lowest BCUT2D eigenvalue weighted by molar-refractivity contribution is 0.00205. The van der Waals surface area contributed by atoms with Gasteiger partial charge in [0.1, 0.15) is 13.2 Å². The third kappa shape index (κ3) is 14.1. The highest BCUT2D eigenvalue weighted by Gasteiger charge is 2.43. The summed E-state index contributed by atoms with van der Waals surface area (Å²) in [6.45, 7) is 18.7. The van der Waals surface area contributed by atoms with Crippen LogP contribution in [0.3, 0.4) is 0 Å². The summed E-state index contributed by atoms with van der Waals surface area (Å²) in [6, 6.07) is 17.5. The second-order valence-corrected chi connectivity index (χ2v) is 14.7. The molecule has 0 radical (unpaired) electrons. The van der Waals surface area contributed by atoms with E-state index in [0.29, 0.717) is 106 Å². The summed E-state index contributed by atoms with van der Waals surface area (Å²) in [5, 5.41) is 0. The van der Waals surface area contributed by atoms with Crippen molar-refractivity contribution in [2.45, 2.75) is 44.6 Å². The lowest BCUT2D eigenvalue weighted by atomic mass is 9.80. The number of nitrogens with zero attached hydrogens (tertiary/aromatic N) is 2. The first kappa shape index (κ1) is 45.8. The van der Waals surface area contributed by atoms with Crippen molar-refractivity contribution in [3.05, 3.63) is 95.7 Å². The molecule has 1 unspecified atom stereocenters. The molecule has 0 amide bonds. The summed E-state index contributed by atoms with van der Waals surface area (Å²) >= 11 is 0. The zero-order chi connectivity index (χ0) is 40.6. The Morgan fingerprint density at radius 1 is 0.544 bits per heavy atom. The number of anilines is 2. The second kappa shape index (κ2) is 25.4. The predicted octanol–water partition coefficient (Wildman–Crippen LogP) is 6.35. The Morgan fingerprint density at radius 3 is 1.54 bits per heavy atom. The van der Waals surface area contributed by atoms with Crippen LogP contribution in [-0.2, 0) is 48.7 Å². The molecule has 10 nitrogen and oxygen atoms in total. The Balaban J connectivity index is 1.26. The van der Waals surface area contributed by atoms with E-state index in [4.69, 9.17) is 50.7 Å². The molecule has 0 aliphatic carbocycles. The Morgan fingerprint density at radius 2 is 1.00 bits per heavy atom. The van der Waals surface area contributed by atoms with Crippen LogP contribution in [0.2, 0.25) is 0 Å². The van der Waals surface area contributed by atoms with E-state index in [1.165, 1.54) is 28.2 Å². The molecule has 0 saturated carbocycles. The minimum atomic E-state index is -0.151. The molecule has 0 fully saturated rings. The number of benzene rings is 2. The first-order chi connectivity index (χ1) is 27.8. The number of terminal acetylenes is 2. The normalized spacial score (nSPS) is 17.4. The van der Waals surface area contributed by atoms with Gasteiger partial charge in [-0.05, 0) is 29.3 Å². The summed E-state index contributed by atoms with van der Waals surface area (Å²) in [6.07, 6.45) is 21.4. The van der Waals surface area contributed by atoms with E-state index in [0.717, 1.165) is 13.1 Å². The van der Waals surface area contributed by atoms with Gasteiger partial charge in [0.25, 0.3) is 0 Å². The van der Waals surface area contributed by atoms with E-state index in [-0.39, 0.29) is 16.9 Å². The van der Waals surface area contributed by atoms with Gasteiger partial charge in [-0.3, -0.25) is 0 Å². The van der Waals surface area contributed by atoms with Gasteiger partial charge in [-0.1, -0.05) is 100 Å². The Hall–Kier alpha value is -3.94. The van der Waals surface area contributed by atoms with Gasteiger partial charge in [-0.25, -0.2) is 0 Å². The van der Waals surface area contributed by atoms with Gasteiger partial charge in [0.05, 0.1) is 98.5 Å². The van der Waals surface area contributed by atoms with Gasteiger partial charge in [-0.15, -0.1) is 12.8 Å². The summed E-state index contributed by atoms with van der Waals surface area (Å²) in [5.41, 5.74) is 6.17. The minimum absolute atomic E-state index is 0.0724. The summed E-state index contributed by atoms with van der Waals surface area (Å²) in [7, 11) is 0. The van der Waals surface area contributed by atoms with E-state index >= 15 is 0 Å². The van der Waals surface area contributed by atoms with Gasteiger partial charge >= 0.3 is 0 Å². The lowest BCUT2D eigenvalue weighted by Crippen LogP contribution is -2.41. The molecule has 0 bridgehead atoms. The topological polar surface area (TPSA) is 80.3 Å². The molecule has 1 atom stereocenters. The van der Waals surface area contributed by atoms with Crippen LogP contribution in [0.4, 0.5) is 11.4 Å². The second-order valence-electron chi connectivity index (χ2n) is 14.7. The first-order valence-corrected chi connectivity index (χ1v) is 20.1. The fraction of sp³-hybridized carbons (Fsp3) is 0.532. The van der Waals surface area contributed by atoms with Gasteiger partial charge in [0.2, 0.25) is 0 Å². The molecule has 4 rings (SSSR count). The number of allylic oxidation sites excluding steroid dienone is 5. The van der Waals surface area contributed by atoms with Crippen molar-refractivity contribution in [2.24, 2.45) is 0 Å². The maximum atomic E-state index is 6.01.